The molecule has 9 heteroatoms. The van der Waals surface area contributed by atoms with Crippen molar-refractivity contribution in [1.29, 1.82) is 0 Å². The van der Waals surface area contributed by atoms with Crippen LogP contribution in [-0.4, -0.2) is 60.8 Å². The van der Waals surface area contributed by atoms with Crippen molar-refractivity contribution in [1.82, 2.24) is 20.9 Å². The van der Waals surface area contributed by atoms with Gasteiger partial charge in [0.05, 0.1) is 5.54 Å². The number of likely N-dealkylation sites (tertiary alicyclic amines) is 1. The van der Waals surface area contributed by atoms with Crippen LogP contribution in [0.5, 0.6) is 0 Å². The molecule has 1 fully saturated rings. The summed E-state index contributed by atoms with van der Waals surface area (Å²) in [6.45, 7) is 11.9. The second kappa shape index (κ2) is 11.1. The molecule has 1 aromatic carbocycles. The summed E-state index contributed by atoms with van der Waals surface area (Å²) in [4.78, 5) is 30.4. The fraction of sp³-hybridized carbons (Fsp3) is 0.609. The zero-order chi connectivity index (χ0) is 23.8. The van der Waals surface area contributed by atoms with E-state index in [1.807, 2.05) is 63.8 Å². The first-order valence-corrected chi connectivity index (χ1v) is 11.1. The number of hydrogen-bond donors (Lipinski definition) is 4. The Kier molecular flexibility index (Phi) is 8.74. The van der Waals surface area contributed by atoms with Crippen molar-refractivity contribution in [3.63, 3.8) is 0 Å². The minimum Gasteiger partial charge on any atom is -0.444 e. The summed E-state index contributed by atoms with van der Waals surface area (Å²) in [5, 5.41) is 12.3. The Labute approximate surface area is 191 Å². The number of nitrogens with one attached hydrogen (secondary N) is 4. The molecule has 2 rings (SSSR count). The second-order valence-corrected chi connectivity index (χ2v) is 9.61. The number of amides is 3. The van der Waals surface area contributed by atoms with E-state index in [0.717, 1.165) is 37.2 Å². The average molecular weight is 447 g/mol. The number of guanidine groups is 1. The maximum absolute atomic E-state index is 12.3. The summed E-state index contributed by atoms with van der Waals surface area (Å²) < 4.78 is 5.33. The van der Waals surface area contributed by atoms with Gasteiger partial charge in [-0.3, -0.25) is 4.99 Å². The highest BCUT2D eigenvalue weighted by Gasteiger charge is 2.24. The molecule has 4 N–H and O–H groups in total. The van der Waals surface area contributed by atoms with Gasteiger partial charge in [-0.15, -0.1) is 0 Å². The van der Waals surface area contributed by atoms with E-state index in [-0.39, 0.29) is 6.03 Å². The van der Waals surface area contributed by atoms with Gasteiger partial charge in [-0.05, 0) is 65.2 Å². The average Bonchev–Trinajstić information content (AvgIpc) is 3.21. The first kappa shape index (κ1) is 25.3. The third-order valence-corrected chi connectivity index (χ3v) is 4.79. The Morgan fingerprint density at radius 3 is 2.41 bits per heavy atom. The second-order valence-electron chi connectivity index (χ2n) is 9.61. The molecule has 0 radical (unpaired) electrons. The van der Waals surface area contributed by atoms with Gasteiger partial charge in [-0.2, -0.15) is 0 Å². The quantitative estimate of drug-likeness (QED) is 0.396. The lowest BCUT2D eigenvalue weighted by Gasteiger charge is -2.29. The molecule has 1 saturated heterocycles. The standard InChI is InChI=1S/C23H38N6O3/c1-22(2,3)32-21(31)28-23(4,5)16-26-19(24-6)25-15-17-10-9-11-18(14-17)27-20(30)29-12-7-8-13-29/h9-11,14H,7-8,12-13,15-16H2,1-6H3,(H,27,30)(H,28,31)(H2,24,25,26). The van der Waals surface area contributed by atoms with E-state index in [1.54, 1.807) is 7.05 Å². The van der Waals surface area contributed by atoms with Crippen molar-refractivity contribution in [3.05, 3.63) is 29.8 Å². The molecule has 0 spiro atoms. The van der Waals surface area contributed by atoms with E-state index in [9.17, 15) is 9.59 Å². The van der Waals surface area contributed by atoms with Crippen LogP contribution in [-0.2, 0) is 11.3 Å². The van der Waals surface area contributed by atoms with Crippen LogP contribution in [0.1, 0.15) is 53.0 Å². The first-order chi connectivity index (χ1) is 15.0. The Morgan fingerprint density at radius 1 is 1.09 bits per heavy atom. The van der Waals surface area contributed by atoms with Crippen LogP contribution in [0.2, 0.25) is 0 Å². The number of benzene rings is 1. The molecular weight excluding hydrogens is 408 g/mol. The van der Waals surface area contributed by atoms with Crippen molar-refractivity contribution < 1.29 is 14.3 Å². The lowest BCUT2D eigenvalue weighted by atomic mass is 10.1. The number of carbonyl (C=O) groups excluding carboxylic acids is 2. The van der Waals surface area contributed by atoms with Crippen molar-refractivity contribution in [2.75, 3.05) is 32.0 Å². The topological polar surface area (TPSA) is 107 Å². The maximum Gasteiger partial charge on any atom is 0.408 e. The number of urea groups is 1. The van der Waals surface area contributed by atoms with E-state index in [4.69, 9.17) is 4.74 Å². The molecule has 0 atom stereocenters. The van der Waals surface area contributed by atoms with Crippen molar-refractivity contribution >= 4 is 23.8 Å². The number of hydrogen-bond acceptors (Lipinski definition) is 4. The first-order valence-electron chi connectivity index (χ1n) is 11.1. The fourth-order valence-corrected chi connectivity index (χ4v) is 3.22. The van der Waals surface area contributed by atoms with E-state index < -0.39 is 17.2 Å². The predicted octanol–water partition coefficient (Wildman–Crippen LogP) is 3.28. The van der Waals surface area contributed by atoms with Crippen LogP contribution < -0.4 is 21.3 Å². The molecule has 1 aliphatic rings. The van der Waals surface area contributed by atoms with Crippen LogP contribution in [0.4, 0.5) is 15.3 Å². The predicted molar refractivity (Wildman–Crippen MR) is 128 cm³/mol. The van der Waals surface area contributed by atoms with Crippen LogP contribution >= 0.6 is 0 Å². The van der Waals surface area contributed by atoms with Crippen LogP contribution in [0.15, 0.2) is 29.3 Å². The van der Waals surface area contributed by atoms with Gasteiger partial charge in [0, 0.05) is 38.9 Å². The maximum atomic E-state index is 12.3. The monoisotopic (exact) mass is 446 g/mol. The smallest absolute Gasteiger partial charge is 0.408 e. The zero-order valence-electron chi connectivity index (χ0n) is 20.2. The number of aliphatic imine (C=N–C) groups is 1. The third kappa shape index (κ3) is 9.03. The molecule has 0 aromatic heterocycles. The van der Waals surface area contributed by atoms with Crippen LogP contribution in [0.25, 0.3) is 0 Å². The van der Waals surface area contributed by atoms with Gasteiger partial charge in [0.15, 0.2) is 5.96 Å². The Bertz CT molecular complexity index is 810. The molecule has 0 saturated carbocycles. The van der Waals surface area contributed by atoms with Crippen molar-refractivity contribution in [2.45, 2.75) is 65.1 Å². The van der Waals surface area contributed by atoms with Gasteiger partial charge in [0.2, 0.25) is 0 Å². The van der Waals surface area contributed by atoms with Crippen molar-refractivity contribution in [3.8, 4) is 0 Å². The Balaban J connectivity index is 1.83. The summed E-state index contributed by atoms with van der Waals surface area (Å²) in [5.41, 5.74) is 0.693. The molecule has 1 aliphatic heterocycles. The number of carbonyl (C=O) groups is 2. The molecule has 1 aromatic rings. The fourth-order valence-electron chi connectivity index (χ4n) is 3.22. The van der Waals surface area contributed by atoms with Crippen LogP contribution in [0.3, 0.4) is 0 Å². The SMILES string of the molecule is CN=C(NCc1cccc(NC(=O)N2CCCC2)c1)NCC(C)(C)NC(=O)OC(C)(C)C. The summed E-state index contributed by atoms with van der Waals surface area (Å²) in [6.07, 6.45) is 1.67. The summed E-state index contributed by atoms with van der Waals surface area (Å²) in [7, 11) is 1.69. The van der Waals surface area contributed by atoms with E-state index in [0.29, 0.717) is 19.0 Å². The molecule has 9 nitrogen and oxygen atoms in total. The molecule has 3 amide bonds. The molecule has 0 unspecified atom stereocenters. The molecule has 32 heavy (non-hydrogen) atoms. The summed E-state index contributed by atoms with van der Waals surface area (Å²) in [5.74, 6) is 0.607. The van der Waals surface area contributed by atoms with Gasteiger partial charge in [-0.1, -0.05) is 12.1 Å². The lowest BCUT2D eigenvalue weighted by Crippen LogP contribution is -2.54. The zero-order valence-corrected chi connectivity index (χ0v) is 20.2. The number of rotatable bonds is 6. The van der Waals surface area contributed by atoms with Gasteiger partial charge in [0.1, 0.15) is 5.60 Å². The van der Waals surface area contributed by atoms with Gasteiger partial charge < -0.3 is 30.9 Å². The highest BCUT2D eigenvalue weighted by Crippen LogP contribution is 2.14. The minimum atomic E-state index is -0.548. The largest absolute Gasteiger partial charge is 0.444 e. The summed E-state index contributed by atoms with van der Waals surface area (Å²) in [6, 6.07) is 7.68. The summed E-state index contributed by atoms with van der Waals surface area (Å²) >= 11 is 0. The normalized spacial score (nSPS) is 14.7. The molecule has 0 bridgehead atoms. The van der Waals surface area contributed by atoms with Crippen LogP contribution in [0, 0.1) is 0 Å². The molecule has 1 heterocycles. The molecular formula is C23H38N6O3. The van der Waals surface area contributed by atoms with E-state index >= 15 is 0 Å². The van der Waals surface area contributed by atoms with Gasteiger partial charge in [-0.25, -0.2) is 9.59 Å². The number of alkyl carbamates (subject to hydrolysis) is 1. The van der Waals surface area contributed by atoms with Crippen molar-refractivity contribution in [2.24, 2.45) is 4.99 Å². The Hall–Kier alpha value is -2.97. The highest BCUT2D eigenvalue weighted by atomic mass is 16.6. The third-order valence-electron chi connectivity index (χ3n) is 4.79. The number of ether oxygens (including phenoxy) is 1. The van der Waals surface area contributed by atoms with Gasteiger partial charge >= 0.3 is 12.1 Å². The number of nitrogens with zero attached hydrogens (tertiary/aromatic N) is 2. The molecule has 178 valence electrons. The number of anilines is 1. The Morgan fingerprint density at radius 2 is 1.78 bits per heavy atom. The highest BCUT2D eigenvalue weighted by molar-refractivity contribution is 5.89. The molecule has 0 aliphatic carbocycles. The van der Waals surface area contributed by atoms with Gasteiger partial charge in [0.25, 0.3) is 0 Å². The lowest BCUT2D eigenvalue weighted by molar-refractivity contribution is 0.0474. The van der Waals surface area contributed by atoms with E-state index in [2.05, 4.69) is 26.3 Å². The van der Waals surface area contributed by atoms with E-state index in [1.165, 1.54) is 0 Å². The minimum absolute atomic E-state index is 0.0511.